The maximum absolute atomic E-state index is 6.72. The highest BCUT2D eigenvalue weighted by Gasteiger charge is 2.51. The van der Waals surface area contributed by atoms with Gasteiger partial charge < -0.3 is 20.1 Å². The van der Waals surface area contributed by atoms with E-state index in [2.05, 4.69) is 111 Å². The molecule has 1 spiro atoms. The van der Waals surface area contributed by atoms with E-state index < -0.39 is 5.41 Å². The normalized spacial score (nSPS) is 13.0. The van der Waals surface area contributed by atoms with Crippen molar-refractivity contribution in [2.45, 2.75) is 5.41 Å². The van der Waals surface area contributed by atoms with Gasteiger partial charge in [0.2, 0.25) is 0 Å². The first-order valence-corrected chi connectivity index (χ1v) is 16.7. The molecule has 0 saturated heterocycles. The Morgan fingerprint density at radius 3 is 1.56 bits per heavy atom. The van der Waals surface area contributed by atoms with Gasteiger partial charge in [-0.3, -0.25) is 0 Å². The average molecular weight is 686 g/mol. The van der Waals surface area contributed by atoms with Gasteiger partial charge in [0.05, 0.1) is 5.41 Å². The molecule has 1 aliphatic heterocycles. The third-order valence-electron chi connectivity index (χ3n) is 9.14. The predicted molar refractivity (Wildman–Crippen MR) is 197 cm³/mol. The molecule has 0 radical (unpaired) electrons. The van der Waals surface area contributed by atoms with Crippen LogP contribution in [0.5, 0.6) is 23.0 Å². The van der Waals surface area contributed by atoms with Crippen LogP contribution in [0, 0.1) is 0 Å². The molecule has 2 aliphatic rings. The molecule has 0 saturated carbocycles. The Morgan fingerprint density at radius 2 is 0.958 bits per heavy atom. The van der Waals surface area contributed by atoms with Crippen LogP contribution in [0.15, 0.2) is 168 Å². The number of hydrogen-bond donors (Lipinski definition) is 2. The maximum atomic E-state index is 6.72. The highest BCUT2D eigenvalue weighted by Crippen LogP contribution is 2.62. The van der Waals surface area contributed by atoms with Crippen LogP contribution in [-0.4, -0.2) is 0 Å². The summed E-state index contributed by atoms with van der Waals surface area (Å²) < 4.78 is 14.3. The minimum atomic E-state index is -0.526. The molecule has 0 atom stereocenters. The Hall–Kier alpha value is -5.78. The number of benzene rings is 7. The Balaban J connectivity index is 1.15. The molecule has 7 aromatic rings. The van der Waals surface area contributed by atoms with E-state index in [0.717, 1.165) is 49.8 Å². The zero-order chi connectivity index (χ0) is 32.1. The molecule has 5 heteroatoms. The zero-order valence-electron chi connectivity index (χ0n) is 25.8. The number of halogens is 1. The van der Waals surface area contributed by atoms with Gasteiger partial charge in [-0.05, 0) is 70.8 Å². The van der Waals surface area contributed by atoms with E-state index in [1.165, 1.54) is 22.3 Å². The highest BCUT2D eigenvalue weighted by molar-refractivity contribution is 9.10. The third kappa shape index (κ3) is 4.74. The Morgan fingerprint density at radius 1 is 0.438 bits per heavy atom. The minimum absolute atomic E-state index is 0.526. The van der Waals surface area contributed by atoms with Crippen molar-refractivity contribution < 1.29 is 9.47 Å². The molecule has 48 heavy (non-hydrogen) atoms. The van der Waals surface area contributed by atoms with Gasteiger partial charge in [-0.2, -0.15) is 0 Å². The largest absolute Gasteiger partial charge is 0.457 e. The number of hydrogen-bond acceptors (Lipinski definition) is 4. The first-order chi connectivity index (χ1) is 23.6. The molecule has 1 aliphatic carbocycles. The molecular formula is C43H29BrN2O2. The first-order valence-electron chi connectivity index (χ1n) is 15.9. The molecule has 2 N–H and O–H groups in total. The van der Waals surface area contributed by atoms with Crippen molar-refractivity contribution in [3.8, 4) is 34.1 Å². The van der Waals surface area contributed by atoms with Gasteiger partial charge in [0.25, 0.3) is 0 Å². The number of para-hydroxylation sites is 2. The molecule has 0 aromatic heterocycles. The van der Waals surface area contributed by atoms with Gasteiger partial charge in [-0.25, -0.2) is 0 Å². The minimum Gasteiger partial charge on any atom is -0.457 e. The number of ether oxygens (including phenoxy) is 2. The van der Waals surface area contributed by atoms with Gasteiger partial charge in [0.1, 0.15) is 23.0 Å². The number of nitrogens with one attached hydrogen (secondary N) is 2. The molecule has 0 bridgehead atoms. The van der Waals surface area contributed by atoms with E-state index in [1.54, 1.807) is 0 Å². The van der Waals surface area contributed by atoms with Crippen molar-refractivity contribution in [2.75, 3.05) is 10.6 Å². The first kappa shape index (κ1) is 28.4. The smallest absolute Gasteiger partial charge is 0.135 e. The van der Waals surface area contributed by atoms with E-state index >= 15 is 0 Å². The second-order valence-electron chi connectivity index (χ2n) is 12.1. The van der Waals surface area contributed by atoms with E-state index in [4.69, 9.17) is 9.47 Å². The summed E-state index contributed by atoms with van der Waals surface area (Å²) in [5, 5.41) is 7.05. The molecule has 230 valence electrons. The lowest BCUT2D eigenvalue weighted by atomic mass is 9.66. The fourth-order valence-corrected chi connectivity index (χ4v) is 7.58. The summed E-state index contributed by atoms with van der Waals surface area (Å²) in [7, 11) is 0. The molecule has 0 amide bonds. The summed E-state index contributed by atoms with van der Waals surface area (Å²) in [6.45, 7) is 0. The lowest BCUT2D eigenvalue weighted by Gasteiger charge is -2.39. The zero-order valence-corrected chi connectivity index (χ0v) is 27.4. The summed E-state index contributed by atoms with van der Waals surface area (Å²) in [5.41, 5.74) is 10.5. The number of anilines is 4. The van der Waals surface area contributed by atoms with Crippen LogP contribution < -0.4 is 20.1 Å². The molecule has 9 rings (SSSR count). The fourth-order valence-electron chi connectivity index (χ4n) is 7.24. The Bertz CT molecular complexity index is 2220. The number of rotatable bonds is 6. The van der Waals surface area contributed by atoms with Gasteiger partial charge in [-0.15, -0.1) is 0 Å². The third-order valence-corrected chi connectivity index (χ3v) is 9.64. The predicted octanol–water partition coefficient (Wildman–Crippen LogP) is 12.2. The van der Waals surface area contributed by atoms with Crippen molar-refractivity contribution in [3.05, 3.63) is 191 Å². The van der Waals surface area contributed by atoms with Crippen molar-refractivity contribution in [1.82, 2.24) is 0 Å². The van der Waals surface area contributed by atoms with Crippen LogP contribution in [0.4, 0.5) is 22.7 Å². The van der Waals surface area contributed by atoms with Crippen LogP contribution in [0.2, 0.25) is 0 Å². The van der Waals surface area contributed by atoms with Crippen molar-refractivity contribution in [2.24, 2.45) is 0 Å². The van der Waals surface area contributed by atoms with Crippen molar-refractivity contribution >= 4 is 38.7 Å². The summed E-state index contributed by atoms with van der Waals surface area (Å²) in [5.74, 6) is 2.97. The number of fused-ring (bicyclic) bond motifs is 9. The highest BCUT2D eigenvalue weighted by atomic mass is 79.9. The lowest BCUT2D eigenvalue weighted by Crippen LogP contribution is -2.32. The summed E-state index contributed by atoms with van der Waals surface area (Å²) in [4.78, 5) is 0. The average Bonchev–Trinajstić information content (AvgIpc) is 3.40. The molecule has 4 nitrogen and oxygen atoms in total. The van der Waals surface area contributed by atoms with Crippen molar-refractivity contribution in [1.29, 1.82) is 0 Å². The Kier molecular flexibility index (Phi) is 6.80. The van der Waals surface area contributed by atoms with Crippen LogP contribution in [-0.2, 0) is 5.41 Å². The topological polar surface area (TPSA) is 42.5 Å². The second-order valence-corrected chi connectivity index (χ2v) is 13.0. The summed E-state index contributed by atoms with van der Waals surface area (Å²) in [6, 6.07) is 56.5. The standard InChI is InChI=1S/C43H29BrN2O2/c44-28-19-21-39-41(23-28)48-42-27-33(20-22-40(42)43(39)37-17-9-7-15-35(37)36-16-8-10-18-38(36)43)47-34-25-31(45-29-11-3-1-4-12-29)24-32(26-34)46-30-13-5-2-6-14-30/h1-27,45-46H. The fraction of sp³-hybridized carbons (Fsp3) is 0.0233. The van der Waals surface area contributed by atoms with E-state index in [-0.39, 0.29) is 0 Å². The summed E-state index contributed by atoms with van der Waals surface area (Å²) in [6.07, 6.45) is 0. The van der Waals surface area contributed by atoms with Gasteiger partial charge in [0, 0.05) is 56.5 Å². The quantitative estimate of drug-likeness (QED) is 0.183. The molecule has 0 unspecified atom stereocenters. The van der Waals surface area contributed by atoms with E-state index in [1.807, 2.05) is 78.9 Å². The van der Waals surface area contributed by atoms with Gasteiger partial charge >= 0.3 is 0 Å². The summed E-state index contributed by atoms with van der Waals surface area (Å²) >= 11 is 3.69. The van der Waals surface area contributed by atoms with E-state index in [9.17, 15) is 0 Å². The monoisotopic (exact) mass is 684 g/mol. The van der Waals surface area contributed by atoms with Crippen LogP contribution in [0.3, 0.4) is 0 Å². The van der Waals surface area contributed by atoms with Crippen LogP contribution >= 0.6 is 15.9 Å². The molecule has 0 fully saturated rings. The molecule has 1 heterocycles. The van der Waals surface area contributed by atoms with Crippen molar-refractivity contribution in [3.63, 3.8) is 0 Å². The Labute approximate surface area is 287 Å². The second kappa shape index (κ2) is 11.5. The van der Waals surface area contributed by atoms with Crippen LogP contribution in [0.25, 0.3) is 11.1 Å². The molecular weight excluding hydrogens is 656 g/mol. The van der Waals surface area contributed by atoms with E-state index in [0.29, 0.717) is 11.5 Å². The lowest BCUT2D eigenvalue weighted by molar-refractivity contribution is 0.427. The van der Waals surface area contributed by atoms with Gasteiger partial charge in [-0.1, -0.05) is 113 Å². The SMILES string of the molecule is Brc1ccc2c(c1)Oc1cc(Oc3cc(Nc4ccccc4)cc(Nc4ccccc4)c3)ccc1C21c2ccccc2-c2ccccc21. The van der Waals surface area contributed by atoms with Gasteiger partial charge in [0.15, 0.2) is 0 Å². The molecule has 7 aromatic carbocycles. The maximum Gasteiger partial charge on any atom is 0.135 e. The van der Waals surface area contributed by atoms with Crippen LogP contribution in [0.1, 0.15) is 22.3 Å².